The second kappa shape index (κ2) is 4.94. The predicted octanol–water partition coefficient (Wildman–Crippen LogP) is 1.08. The van der Waals surface area contributed by atoms with Crippen LogP contribution in [0.3, 0.4) is 0 Å². The zero-order valence-corrected chi connectivity index (χ0v) is 11.8. The summed E-state index contributed by atoms with van der Waals surface area (Å²) in [6.45, 7) is 1.68. The largest absolute Gasteiger partial charge is 0.396 e. The van der Waals surface area contributed by atoms with Gasteiger partial charge in [0.2, 0.25) is 10.0 Å². The van der Waals surface area contributed by atoms with Crippen LogP contribution in [0.25, 0.3) is 0 Å². The van der Waals surface area contributed by atoms with Gasteiger partial charge in [-0.25, -0.2) is 17.2 Å². The zero-order chi connectivity index (χ0) is 15.1. The van der Waals surface area contributed by atoms with Crippen LogP contribution in [-0.2, 0) is 10.0 Å². The van der Waals surface area contributed by atoms with E-state index in [1.54, 1.807) is 0 Å². The van der Waals surface area contributed by atoms with Crippen molar-refractivity contribution in [2.45, 2.75) is 30.3 Å². The predicted molar refractivity (Wildman–Crippen MR) is 69.4 cm³/mol. The summed E-state index contributed by atoms with van der Waals surface area (Å²) in [5.74, 6) is -2.20. The lowest BCUT2D eigenvalue weighted by Gasteiger charge is -2.45. The maximum absolute atomic E-state index is 13.6. The molecule has 1 heterocycles. The molecule has 1 saturated heterocycles. The Bertz CT molecular complexity index is 628. The van der Waals surface area contributed by atoms with Crippen molar-refractivity contribution in [1.82, 2.24) is 4.31 Å². The number of rotatable bonds is 4. The Morgan fingerprint density at radius 3 is 2.50 bits per heavy atom. The Balaban J connectivity index is 2.28. The minimum Gasteiger partial charge on any atom is -0.396 e. The van der Waals surface area contributed by atoms with Gasteiger partial charge >= 0.3 is 0 Å². The highest BCUT2D eigenvalue weighted by molar-refractivity contribution is 7.89. The van der Waals surface area contributed by atoms with Gasteiger partial charge in [-0.3, -0.25) is 0 Å². The van der Waals surface area contributed by atoms with E-state index < -0.39 is 37.8 Å². The average Bonchev–Trinajstić information content (AvgIpc) is 2.30. The first-order valence-electron chi connectivity index (χ1n) is 6.17. The summed E-state index contributed by atoms with van der Waals surface area (Å²) in [6, 6.07) is 1.21. The maximum Gasteiger partial charge on any atom is 0.246 e. The number of hydrogen-bond acceptors (Lipinski definition) is 4. The van der Waals surface area contributed by atoms with Crippen LogP contribution in [0.5, 0.6) is 0 Å². The molecule has 5 nitrogen and oxygen atoms in total. The summed E-state index contributed by atoms with van der Waals surface area (Å²) in [6.07, 6.45) is 1.18. The van der Waals surface area contributed by atoms with Crippen LogP contribution in [-0.4, -0.2) is 36.5 Å². The van der Waals surface area contributed by atoms with Gasteiger partial charge in [-0.15, -0.1) is 0 Å². The smallest absolute Gasteiger partial charge is 0.246 e. The topological polar surface area (TPSA) is 83.6 Å². The molecule has 1 aromatic rings. The molecule has 0 bridgehead atoms. The molecule has 1 aromatic carbocycles. The first kappa shape index (κ1) is 15.1. The first-order valence-corrected chi connectivity index (χ1v) is 7.61. The van der Waals surface area contributed by atoms with Crippen molar-refractivity contribution in [3.8, 4) is 0 Å². The molecule has 1 aliphatic heterocycles. The van der Waals surface area contributed by atoms with Gasteiger partial charge in [0.25, 0.3) is 0 Å². The number of halogens is 2. The lowest BCUT2D eigenvalue weighted by atomic mass is 9.92. The summed E-state index contributed by atoms with van der Waals surface area (Å²) in [5.41, 5.74) is 3.77. The number of aliphatic hydroxyl groups is 1. The minimum atomic E-state index is -4.11. The van der Waals surface area contributed by atoms with Gasteiger partial charge in [0.1, 0.15) is 16.5 Å². The summed E-state index contributed by atoms with van der Waals surface area (Å²) in [5, 5.41) is 9.97. The summed E-state index contributed by atoms with van der Waals surface area (Å²) >= 11 is 0. The van der Waals surface area contributed by atoms with Crippen molar-refractivity contribution in [2.24, 2.45) is 0 Å². The van der Waals surface area contributed by atoms with Crippen LogP contribution in [0.15, 0.2) is 17.0 Å². The van der Waals surface area contributed by atoms with E-state index in [2.05, 4.69) is 0 Å². The fourth-order valence-corrected chi connectivity index (χ4v) is 3.97. The van der Waals surface area contributed by atoms with Crippen LogP contribution in [0.1, 0.15) is 19.8 Å². The molecule has 0 aliphatic carbocycles. The van der Waals surface area contributed by atoms with Crippen molar-refractivity contribution in [1.29, 1.82) is 0 Å². The van der Waals surface area contributed by atoms with Crippen LogP contribution in [0, 0.1) is 11.6 Å². The summed E-state index contributed by atoms with van der Waals surface area (Å²) in [7, 11) is -4.11. The molecular weight excluding hydrogens is 290 g/mol. The molecule has 20 heavy (non-hydrogen) atoms. The fraction of sp³-hybridized carbons (Fsp3) is 0.500. The van der Waals surface area contributed by atoms with Crippen molar-refractivity contribution in [3.63, 3.8) is 0 Å². The molecule has 3 N–H and O–H groups in total. The molecule has 0 radical (unpaired) electrons. The van der Waals surface area contributed by atoms with Gasteiger partial charge in [-0.2, -0.15) is 4.31 Å². The van der Waals surface area contributed by atoms with E-state index in [4.69, 9.17) is 5.73 Å². The number of nitrogens with zero attached hydrogens (tertiary/aromatic N) is 1. The Kier molecular flexibility index (Phi) is 3.74. The minimum absolute atomic E-state index is 0.0973. The molecule has 112 valence electrons. The third-order valence-electron chi connectivity index (χ3n) is 3.33. The Morgan fingerprint density at radius 1 is 1.35 bits per heavy atom. The number of sulfonamides is 1. The van der Waals surface area contributed by atoms with Crippen molar-refractivity contribution >= 4 is 15.7 Å². The molecular formula is C12H16F2N2O3S. The molecule has 0 saturated carbocycles. The van der Waals surface area contributed by atoms with Gasteiger partial charge in [0.15, 0.2) is 0 Å². The second-order valence-corrected chi connectivity index (χ2v) is 6.96. The van der Waals surface area contributed by atoms with Gasteiger partial charge in [-0.05, 0) is 12.5 Å². The number of nitrogens with two attached hydrogens (primary N) is 1. The number of benzene rings is 1. The van der Waals surface area contributed by atoms with E-state index in [1.807, 2.05) is 6.92 Å². The van der Waals surface area contributed by atoms with Crippen molar-refractivity contribution in [3.05, 3.63) is 23.8 Å². The zero-order valence-electron chi connectivity index (χ0n) is 10.9. The number of hydrogen-bond donors (Lipinski definition) is 2. The Hall–Kier alpha value is -1.25. The van der Waals surface area contributed by atoms with Crippen LogP contribution in [0.2, 0.25) is 0 Å². The normalized spacial score (nSPS) is 18.8. The van der Waals surface area contributed by atoms with Crippen molar-refractivity contribution in [2.75, 3.05) is 18.8 Å². The van der Waals surface area contributed by atoms with Gasteiger partial charge in [0, 0.05) is 19.2 Å². The first-order chi connectivity index (χ1) is 9.19. The quantitative estimate of drug-likeness (QED) is 0.815. The highest BCUT2D eigenvalue weighted by Crippen LogP contribution is 2.33. The third-order valence-corrected chi connectivity index (χ3v) is 5.13. The number of anilines is 1. The maximum atomic E-state index is 13.6. The highest BCUT2D eigenvalue weighted by atomic mass is 32.2. The van der Waals surface area contributed by atoms with E-state index in [0.29, 0.717) is 18.9 Å². The molecule has 0 unspecified atom stereocenters. The van der Waals surface area contributed by atoms with Crippen LogP contribution in [0.4, 0.5) is 14.5 Å². The second-order valence-electron chi connectivity index (χ2n) is 5.05. The average molecular weight is 306 g/mol. The molecule has 0 spiro atoms. The van der Waals surface area contributed by atoms with Gasteiger partial charge in [0.05, 0.1) is 11.3 Å². The third kappa shape index (κ3) is 2.50. The number of nitrogen functional groups attached to an aromatic ring is 1. The molecule has 2 rings (SSSR count). The molecule has 1 fully saturated rings. The van der Waals surface area contributed by atoms with E-state index in [1.165, 1.54) is 0 Å². The molecule has 8 heteroatoms. The van der Waals surface area contributed by atoms with E-state index in [-0.39, 0.29) is 13.1 Å². The standard InChI is InChI=1S/C12H16F2N2O3S/c1-2-3-12(17)6-16(7-12)20(18,19)11-5-10(15)8(13)4-9(11)14/h4-5,17H,2-3,6-7,15H2,1H3. The molecule has 0 amide bonds. The van der Waals surface area contributed by atoms with E-state index >= 15 is 0 Å². The molecule has 0 aromatic heterocycles. The Labute approximate surface area is 116 Å². The summed E-state index contributed by atoms with van der Waals surface area (Å²) in [4.78, 5) is -0.671. The van der Waals surface area contributed by atoms with Gasteiger partial charge < -0.3 is 10.8 Å². The molecule has 1 aliphatic rings. The lowest BCUT2D eigenvalue weighted by Crippen LogP contribution is -2.63. The Morgan fingerprint density at radius 2 is 1.95 bits per heavy atom. The van der Waals surface area contributed by atoms with E-state index in [9.17, 15) is 22.3 Å². The molecule has 0 atom stereocenters. The highest BCUT2D eigenvalue weighted by Gasteiger charge is 2.47. The van der Waals surface area contributed by atoms with Crippen LogP contribution >= 0.6 is 0 Å². The summed E-state index contributed by atoms with van der Waals surface area (Å²) < 4.78 is 52.0. The monoisotopic (exact) mass is 306 g/mol. The number of β-amino-alcohol motifs (C(OH)–C–C–N with tert-alkyl or cyclic N) is 1. The van der Waals surface area contributed by atoms with Gasteiger partial charge in [-0.1, -0.05) is 13.3 Å². The van der Waals surface area contributed by atoms with E-state index in [0.717, 1.165) is 10.4 Å². The lowest BCUT2D eigenvalue weighted by molar-refractivity contribution is -0.0654. The van der Waals surface area contributed by atoms with Crippen LogP contribution < -0.4 is 5.73 Å². The van der Waals surface area contributed by atoms with Crippen molar-refractivity contribution < 1.29 is 22.3 Å². The SMILES string of the molecule is CCCC1(O)CN(S(=O)(=O)c2cc(N)c(F)cc2F)C1. The fourth-order valence-electron chi connectivity index (χ4n) is 2.29.